The Labute approximate surface area is 124 Å². The van der Waals surface area contributed by atoms with E-state index in [2.05, 4.69) is 63.1 Å². The molecule has 1 N–H and O–H groups in total. The van der Waals surface area contributed by atoms with Crippen LogP contribution in [0.1, 0.15) is 30.5 Å². The van der Waals surface area contributed by atoms with Crippen molar-refractivity contribution in [3.63, 3.8) is 0 Å². The summed E-state index contributed by atoms with van der Waals surface area (Å²) in [7, 11) is 0. The highest BCUT2D eigenvalue weighted by Crippen LogP contribution is 2.25. The minimum Gasteiger partial charge on any atom is -0.310 e. The molecular formula is C13H16INS2. The largest absolute Gasteiger partial charge is 0.310 e. The second-order valence-electron chi connectivity index (χ2n) is 4.03. The van der Waals surface area contributed by atoms with Crippen molar-refractivity contribution < 1.29 is 0 Å². The van der Waals surface area contributed by atoms with Crippen LogP contribution in [0.3, 0.4) is 0 Å². The van der Waals surface area contributed by atoms with Crippen LogP contribution in [0.2, 0.25) is 0 Å². The van der Waals surface area contributed by atoms with Crippen molar-refractivity contribution in [3.05, 3.63) is 42.3 Å². The first-order valence-corrected chi connectivity index (χ1v) is 8.68. The van der Waals surface area contributed by atoms with Gasteiger partial charge in [0.1, 0.15) is 0 Å². The lowest BCUT2D eigenvalue weighted by Crippen LogP contribution is -2.23. The molecule has 17 heavy (non-hydrogen) atoms. The Morgan fingerprint density at radius 2 is 2.29 bits per heavy atom. The van der Waals surface area contributed by atoms with E-state index in [1.54, 1.807) is 11.3 Å². The van der Waals surface area contributed by atoms with Crippen LogP contribution in [0.4, 0.5) is 0 Å². The minimum atomic E-state index is 0.462. The Morgan fingerprint density at radius 3 is 2.88 bits per heavy atom. The van der Waals surface area contributed by atoms with Crippen molar-refractivity contribution in [2.75, 3.05) is 6.54 Å². The van der Waals surface area contributed by atoms with Crippen LogP contribution in [-0.4, -0.2) is 6.54 Å². The summed E-state index contributed by atoms with van der Waals surface area (Å²) in [5, 5.41) is 10.3. The normalized spacial score (nSPS) is 12.8. The number of nitrogens with one attached hydrogen (secondary N) is 1. The van der Waals surface area contributed by atoms with E-state index >= 15 is 0 Å². The summed E-state index contributed by atoms with van der Waals surface area (Å²) in [5.74, 6) is 0. The van der Waals surface area contributed by atoms with Gasteiger partial charge in [0.05, 0.1) is 2.88 Å². The predicted octanol–water partition coefficient (Wildman–Crippen LogP) is 4.70. The molecule has 0 aliphatic carbocycles. The van der Waals surface area contributed by atoms with Crippen molar-refractivity contribution in [3.8, 4) is 0 Å². The van der Waals surface area contributed by atoms with Crippen molar-refractivity contribution in [1.29, 1.82) is 0 Å². The summed E-state index contributed by atoms with van der Waals surface area (Å²) in [4.78, 5) is 0. The Kier molecular flexibility index (Phi) is 5.47. The highest BCUT2D eigenvalue weighted by atomic mass is 127. The van der Waals surface area contributed by atoms with Gasteiger partial charge in [0.25, 0.3) is 0 Å². The van der Waals surface area contributed by atoms with Gasteiger partial charge in [0.15, 0.2) is 0 Å². The second kappa shape index (κ2) is 6.87. The van der Waals surface area contributed by atoms with Gasteiger partial charge in [-0.25, -0.2) is 0 Å². The fourth-order valence-electron chi connectivity index (χ4n) is 1.78. The molecule has 2 rings (SSSR count). The Hall–Kier alpha value is 0.0900. The molecule has 2 aromatic rings. The summed E-state index contributed by atoms with van der Waals surface area (Å²) in [6, 6.07) is 4.98. The van der Waals surface area contributed by atoms with Crippen LogP contribution in [0.5, 0.6) is 0 Å². The molecule has 0 aliphatic heterocycles. The molecule has 0 saturated carbocycles. The highest BCUT2D eigenvalue weighted by molar-refractivity contribution is 14.1. The molecule has 0 saturated heterocycles. The number of hydrogen-bond donors (Lipinski definition) is 1. The molecule has 2 aromatic heterocycles. The predicted molar refractivity (Wildman–Crippen MR) is 86.1 cm³/mol. The Balaban J connectivity index is 2.07. The first kappa shape index (κ1) is 13.5. The number of thiophene rings is 2. The third-order valence-corrected chi connectivity index (χ3v) is 5.19. The van der Waals surface area contributed by atoms with Crippen molar-refractivity contribution >= 4 is 45.3 Å². The van der Waals surface area contributed by atoms with E-state index in [9.17, 15) is 0 Å². The number of rotatable bonds is 6. The maximum absolute atomic E-state index is 3.65. The maximum atomic E-state index is 3.65. The Bertz CT molecular complexity index is 436. The zero-order chi connectivity index (χ0) is 12.1. The lowest BCUT2D eigenvalue weighted by atomic mass is 10.0. The third kappa shape index (κ3) is 4.05. The smallest absolute Gasteiger partial charge is 0.0656 e. The van der Waals surface area contributed by atoms with E-state index in [4.69, 9.17) is 0 Å². The lowest BCUT2D eigenvalue weighted by molar-refractivity contribution is 0.531. The van der Waals surface area contributed by atoms with E-state index in [1.165, 1.54) is 20.4 Å². The van der Waals surface area contributed by atoms with Gasteiger partial charge in [0, 0.05) is 6.04 Å². The van der Waals surface area contributed by atoms with Crippen LogP contribution in [-0.2, 0) is 6.42 Å². The molecule has 0 aliphatic rings. The van der Waals surface area contributed by atoms with Gasteiger partial charge in [-0.1, -0.05) is 6.92 Å². The fourth-order valence-corrected chi connectivity index (χ4v) is 3.88. The van der Waals surface area contributed by atoms with Crippen molar-refractivity contribution in [2.24, 2.45) is 0 Å². The molecule has 1 nitrogen and oxygen atoms in total. The molecule has 0 aromatic carbocycles. The molecule has 0 bridgehead atoms. The first-order chi connectivity index (χ1) is 8.29. The first-order valence-electron chi connectivity index (χ1n) is 5.78. The summed E-state index contributed by atoms with van der Waals surface area (Å²) in [6.07, 6.45) is 2.28. The molecule has 2 heterocycles. The molecule has 0 fully saturated rings. The molecular weight excluding hydrogens is 361 g/mol. The topological polar surface area (TPSA) is 12.0 Å². The van der Waals surface area contributed by atoms with Crippen LogP contribution in [0, 0.1) is 2.88 Å². The quantitative estimate of drug-likeness (QED) is 0.720. The standard InChI is InChI=1S/C13H16INS2/c1-2-4-15-12(6-10-3-5-16-8-10)11-7-13(14)17-9-11/h3,5,7-9,12,15H,2,4,6H2,1H3. The van der Waals surface area contributed by atoms with Gasteiger partial charge in [0.2, 0.25) is 0 Å². The van der Waals surface area contributed by atoms with E-state index in [0.717, 1.165) is 13.0 Å². The molecule has 0 spiro atoms. The summed E-state index contributed by atoms with van der Waals surface area (Å²) in [5.41, 5.74) is 2.86. The van der Waals surface area contributed by atoms with Gasteiger partial charge in [-0.2, -0.15) is 11.3 Å². The number of halogens is 1. The van der Waals surface area contributed by atoms with E-state index in [0.29, 0.717) is 6.04 Å². The van der Waals surface area contributed by atoms with Gasteiger partial charge >= 0.3 is 0 Å². The van der Waals surface area contributed by atoms with Crippen LogP contribution < -0.4 is 5.32 Å². The summed E-state index contributed by atoms with van der Waals surface area (Å²) < 4.78 is 1.37. The van der Waals surface area contributed by atoms with E-state index in [-0.39, 0.29) is 0 Å². The fraction of sp³-hybridized carbons (Fsp3) is 0.385. The molecule has 1 unspecified atom stereocenters. The second-order valence-corrected chi connectivity index (χ2v) is 7.61. The van der Waals surface area contributed by atoms with Crippen molar-refractivity contribution in [1.82, 2.24) is 5.32 Å². The molecule has 0 amide bonds. The van der Waals surface area contributed by atoms with Gasteiger partial charge in [-0.15, -0.1) is 11.3 Å². The molecule has 0 radical (unpaired) electrons. The summed E-state index contributed by atoms with van der Waals surface area (Å²) in [6.45, 7) is 3.30. The SMILES string of the molecule is CCCNC(Cc1ccsc1)c1csc(I)c1. The minimum absolute atomic E-state index is 0.462. The number of hydrogen-bond acceptors (Lipinski definition) is 3. The van der Waals surface area contributed by atoms with E-state index < -0.39 is 0 Å². The highest BCUT2D eigenvalue weighted by Gasteiger charge is 2.13. The van der Waals surface area contributed by atoms with Gasteiger partial charge < -0.3 is 5.32 Å². The zero-order valence-corrected chi connectivity index (χ0v) is 13.6. The Morgan fingerprint density at radius 1 is 1.41 bits per heavy atom. The van der Waals surface area contributed by atoms with Crippen LogP contribution in [0.15, 0.2) is 28.3 Å². The summed E-state index contributed by atoms with van der Waals surface area (Å²) >= 11 is 6.00. The maximum Gasteiger partial charge on any atom is 0.0656 e. The monoisotopic (exact) mass is 377 g/mol. The van der Waals surface area contributed by atoms with Gasteiger partial charge in [-0.05, 0) is 81.4 Å². The van der Waals surface area contributed by atoms with Crippen LogP contribution >= 0.6 is 45.3 Å². The van der Waals surface area contributed by atoms with E-state index in [1.807, 2.05) is 11.3 Å². The molecule has 1 atom stereocenters. The lowest BCUT2D eigenvalue weighted by Gasteiger charge is -2.16. The zero-order valence-electron chi connectivity index (χ0n) is 9.78. The average Bonchev–Trinajstić information content (AvgIpc) is 2.95. The molecule has 92 valence electrons. The molecule has 4 heteroatoms. The average molecular weight is 377 g/mol. The van der Waals surface area contributed by atoms with Crippen molar-refractivity contribution in [2.45, 2.75) is 25.8 Å². The third-order valence-electron chi connectivity index (χ3n) is 2.65. The van der Waals surface area contributed by atoms with Crippen LogP contribution in [0.25, 0.3) is 0 Å². The van der Waals surface area contributed by atoms with Gasteiger partial charge in [-0.3, -0.25) is 0 Å².